The molecule has 3 nitrogen and oxygen atoms in total. The molecular weight excluding hydrogens is 239 g/mol. The fourth-order valence-electron chi connectivity index (χ4n) is 1.60. The monoisotopic (exact) mass is 251 g/mol. The van der Waals surface area contributed by atoms with Crippen LogP contribution in [0.4, 0.5) is 13.2 Å². The van der Waals surface area contributed by atoms with Crippen molar-refractivity contribution >= 4 is 11.3 Å². The molecule has 0 spiro atoms. The highest BCUT2D eigenvalue weighted by Gasteiger charge is 2.34. The highest BCUT2D eigenvalue weighted by Crippen LogP contribution is 2.32. The van der Waals surface area contributed by atoms with Crippen molar-refractivity contribution in [1.82, 2.24) is 15.2 Å². The van der Waals surface area contributed by atoms with Gasteiger partial charge >= 0.3 is 6.18 Å². The molecule has 0 bridgehead atoms. The van der Waals surface area contributed by atoms with Gasteiger partial charge in [-0.1, -0.05) is 0 Å². The van der Waals surface area contributed by atoms with Crippen LogP contribution in [0.2, 0.25) is 0 Å². The van der Waals surface area contributed by atoms with Gasteiger partial charge in [0, 0.05) is 43.8 Å². The summed E-state index contributed by atoms with van der Waals surface area (Å²) in [6.45, 7) is 4.10. The lowest BCUT2D eigenvalue weighted by Crippen LogP contribution is -2.42. The number of hydrogen-bond acceptors (Lipinski definition) is 4. The third kappa shape index (κ3) is 2.93. The Morgan fingerprint density at radius 3 is 2.62 bits per heavy atom. The van der Waals surface area contributed by atoms with E-state index in [4.69, 9.17) is 0 Å². The molecule has 0 amide bonds. The molecule has 2 heterocycles. The van der Waals surface area contributed by atoms with E-state index in [-0.39, 0.29) is 0 Å². The Morgan fingerprint density at radius 2 is 2.06 bits per heavy atom. The molecule has 1 aliphatic heterocycles. The van der Waals surface area contributed by atoms with E-state index < -0.39 is 11.2 Å². The van der Waals surface area contributed by atoms with Crippen molar-refractivity contribution in [3.05, 3.63) is 16.1 Å². The van der Waals surface area contributed by atoms with Crippen LogP contribution in [0.5, 0.6) is 0 Å². The fraction of sp³-hybridized carbons (Fsp3) is 0.667. The van der Waals surface area contributed by atoms with Crippen molar-refractivity contribution in [3.63, 3.8) is 0 Å². The zero-order chi connectivity index (χ0) is 11.6. The zero-order valence-corrected chi connectivity index (χ0v) is 9.37. The minimum atomic E-state index is -4.31. The molecule has 1 N–H and O–H groups in total. The maximum absolute atomic E-state index is 12.3. The smallest absolute Gasteiger partial charge is 0.314 e. The highest BCUT2D eigenvalue weighted by molar-refractivity contribution is 7.11. The van der Waals surface area contributed by atoms with Crippen LogP contribution < -0.4 is 5.32 Å². The Bertz CT molecular complexity index is 344. The molecule has 0 aromatic carbocycles. The first kappa shape index (κ1) is 11.8. The molecule has 1 saturated heterocycles. The van der Waals surface area contributed by atoms with Crippen LogP contribution in [0.1, 0.15) is 9.88 Å². The Balaban J connectivity index is 1.97. The molecule has 1 aliphatic rings. The van der Waals surface area contributed by atoms with Crippen LogP contribution in [-0.4, -0.2) is 36.1 Å². The van der Waals surface area contributed by atoms with Gasteiger partial charge in [0.05, 0.1) is 0 Å². The molecule has 0 atom stereocenters. The summed E-state index contributed by atoms with van der Waals surface area (Å²) in [6, 6.07) is 0. The van der Waals surface area contributed by atoms with E-state index in [0.717, 1.165) is 37.5 Å². The number of piperazine rings is 1. The van der Waals surface area contributed by atoms with Crippen molar-refractivity contribution in [2.24, 2.45) is 0 Å². The van der Waals surface area contributed by atoms with Gasteiger partial charge in [0.1, 0.15) is 0 Å². The SMILES string of the molecule is FC(F)(F)c1ncc(CN2CCNCC2)s1. The summed E-state index contributed by atoms with van der Waals surface area (Å²) in [5.74, 6) is 0. The summed E-state index contributed by atoms with van der Waals surface area (Å²) in [6.07, 6.45) is -2.98. The van der Waals surface area contributed by atoms with Gasteiger partial charge < -0.3 is 5.32 Å². The third-order valence-electron chi connectivity index (χ3n) is 2.39. The van der Waals surface area contributed by atoms with Crippen LogP contribution in [-0.2, 0) is 12.7 Å². The van der Waals surface area contributed by atoms with E-state index in [0.29, 0.717) is 11.4 Å². The number of rotatable bonds is 2. The van der Waals surface area contributed by atoms with Gasteiger partial charge in [-0.25, -0.2) is 4.98 Å². The summed E-state index contributed by atoms with van der Waals surface area (Å²) in [7, 11) is 0. The molecule has 7 heteroatoms. The second-order valence-electron chi connectivity index (χ2n) is 3.66. The molecule has 1 aromatic heterocycles. The molecule has 2 rings (SSSR count). The van der Waals surface area contributed by atoms with Crippen molar-refractivity contribution in [2.75, 3.05) is 26.2 Å². The Hall–Kier alpha value is -0.660. The Morgan fingerprint density at radius 1 is 1.38 bits per heavy atom. The van der Waals surface area contributed by atoms with Crippen LogP contribution >= 0.6 is 11.3 Å². The van der Waals surface area contributed by atoms with Gasteiger partial charge in [-0.3, -0.25) is 4.90 Å². The molecule has 1 aromatic rings. The minimum absolute atomic E-state index is 0.565. The normalized spacial score (nSPS) is 18.9. The second-order valence-corrected chi connectivity index (χ2v) is 4.77. The van der Waals surface area contributed by atoms with Crippen LogP contribution in [0.15, 0.2) is 6.20 Å². The van der Waals surface area contributed by atoms with Crippen molar-refractivity contribution < 1.29 is 13.2 Å². The first-order chi connectivity index (χ1) is 7.55. The van der Waals surface area contributed by atoms with Gasteiger partial charge in [-0.15, -0.1) is 11.3 Å². The average molecular weight is 251 g/mol. The number of hydrogen-bond donors (Lipinski definition) is 1. The standard InChI is InChI=1S/C9H12F3N3S/c10-9(11,12)8-14-5-7(16-8)6-15-3-1-13-2-4-15/h5,13H,1-4,6H2. The van der Waals surface area contributed by atoms with E-state index in [1.165, 1.54) is 6.20 Å². The first-order valence-electron chi connectivity index (χ1n) is 5.01. The molecule has 0 saturated carbocycles. The van der Waals surface area contributed by atoms with Crippen molar-refractivity contribution in [1.29, 1.82) is 0 Å². The summed E-state index contributed by atoms with van der Waals surface area (Å²) in [5.41, 5.74) is 0. The fourth-order valence-corrected chi connectivity index (χ4v) is 2.42. The lowest BCUT2D eigenvalue weighted by Gasteiger charge is -2.26. The topological polar surface area (TPSA) is 28.2 Å². The van der Waals surface area contributed by atoms with Crippen molar-refractivity contribution in [3.8, 4) is 0 Å². The minimum Gasteiger partial charge on any atom is -0.314 e. The Kier molecular flexibility index (Phi) is 3.46. The number of nitrogens with zero attached hydrogens (tertiary/aromatic N) is 2. The van der Waals surface area contributed by atoms with E-state index >= 15 is 0 Å². The maximum atomic E-state index is 12.3. The van der Waals surface area contributed by atoms with Crippen LogP contribution in [0.3, 0.4) is 0 Å². The van der Waals surface area contributed by atoms with E-state index in [9.17, 15) is 13.2 Å². The molecule has 0 radical (unpaired) electrons. The number of aromatic nitrogens is 1. The third-order valence-corrected chi connectivity index (χ3v) is 3.41. The molecule has 0 unspecified atom stereocenters. The highest BCUT2D eigenvalue weighted by atomic mass is 32.1. The van der Waals surface area contributed by atoms with Gasteiger partial charge in [0.2, 0.25) is 0 Å². The summed E-state index contributed by atoms with van der Waals surface area (Å²) in [4.78, 5) is 6.21. The zero-order valence-electron chi connectivity index (χ0n) is 8.55. The van der Waals surface area contributed by atoms with Crippen LogP contribution in [0, 0.1) is 0 Å². The number of nitrogens with one attached hydrogen (secondary N) is 1. The summed E-state index contributed by atoms with van der Waals surface area (Å²) >= 11 is 0.735. The van der Waals surface area contributed by atoms with Gasteiger partial charge in [-0.05, 0) is 0 Å². The number of thiazole rings is 1. The molecule has 1 fully saturated rings. The first-order valence-corrected chi connectivity index (χ1v) is 5.82. The van der Waals surface area contributed by atoms with E-state index in [1.54, 1.807) is 0 Å². The molecule has 0 aliphatic carbocycles. The second kappa shape index (κ2) is 4.68. The molecular formula is C9H12F3N3S. The maximum Gasteiger partial charge on any atom is 0.443 e. The molecule has 16 heavy (non-hydrogen) atoms. The predicted octanol–water partition coefficient (Wildman–Crippen LogP) is 1.57. The van der Waals surface area contributed by atoms with Gasteiger partial charge in [0.15, 0.2) is 5.01 Å². The van der Waals surface area contributed by atoms with Crippen LogP contribution in [0.25, 0.3) is 0 Å². The lowest BCUT2D eigenvalue weighted by molar-refractivity contribution is -0.137. The quantitative estimate of drug-likeness (QED) is 0.864. The van der Waals surface area contributed by atoms with Gasteiger partial charge in [-0.2, -0.15) is 13.2 Å². The Labute approximate surface area is 95.3 Å². The number of halogens is 3. The predicted molar refractivity (Wildman–Crippen MR) is 55.3 cm³/mol. The molecule has 90 valence electrons. The van der Waals surface area contributed by atoms with E-state index in [2.05, 4.69) is 15.2 Å². The van der Waals surface area contributed by atoms with E-state index in [1.807, 2.05) is 0 Å². The largest absolute Gasteiger partial charge is 0.443 e. The number of alkyl halides is 3. The lowest BCUT2D eigenvalue weighted by atomic mass is 10.3. The van der Waals surface area contributed by atoms with Gasteiger partial charge in [0.25, 0.3) is 0 Å². The van der Waals surface area contributed by atoms with Crippen molar-refractivity contribution in [2.45, 2.75) is 12.7 Å². The summed E-state index contributed by atoms with van der Waals surface area (Å²) < 4.78 is 36.9. The summed E-state index contributed by atoms with van der Waals surface area (Å²) in [5, 5.41) is 2.44. The average Bonchev–Trinajstić information content (AvgIpc) is 2.67.